The number of aryl methyl sites for hydroxylation is 3. The van der Waals surface area contributed by atoms with Crippen molar-refractivity contribution < 1.29 is 9.66 Å². The molecule has 0 aromatic heterocycles. The van der Waals surface area contributed by atoms with E-state index in [0.717, 1.165) is 22.8 Å². The van der Waals surface area contributed by atoms with Crippen LogP contribution in [0, 0.1) is 30.9 Å². The van der Waals surface area contributed by atoms with Gasteiger partial charge in [-0.3, -0.25) is 10.1 Å². The number of anilines is 10. The van der Waals surface area contributed by atoms with Crippen LogP contribution in [0.15, 0.2) is 334 Å². The number of hydrogen-bond donors (Lipinski definition) is 0. The van der Waals surface area contributed by atoms with Crippen LogP contribution in [-0.2, 0) is 0 Å². The van der Waals surface area contributed by atoms with Gasteiger partial charge >= 0.3 is 0 Å². The largest absolute Gasteiger partial charge is 0.497 e. The lowest BCUT2D eigenvalue weighted by Crippen LogP contribution is -2.09. The number of ether oxygens (including phenoxy) is 1. The molecular weight excluding hydrogens is 1200 g/mol. The number of rotatable bonds is 12. The normalized spacial score (nSPS) is 10.6. The summed E-state index contributed by atoms with van der Waals surface area (Å²) < 4.78 is 5.19. The van der Waals surface area contributed by atoms with E-state index >= 15 is 0 Å². The molecule has 0 amide bonds. The van der Waals surface area contributed by atoms with E-state index in [-0.39, 0.29) is 10.6 Å². The molecule has 9 heteroatoms. The van der Waals surface area contributed by atoms with Crippen LogP contribution in [0.2, 0.25) is 0 Å². The zero-order valence-electron chi connectivity index (χ0n) is 57.2. The number of benzene rings is 15. The number of nitro groups is 1. The van der Waals surface area contributed by atoms with Crippen LogP contribution in [0.25, 0.3) is 53.9 Å². The maximum atomic E-state index is 10.7. The number of nitrogens with zero attached hydrogens (tertiary/aromatic N) is 6. The fourth-order valence-electron chi connectivity index (χ4n) is 11.7. The van der Waals surface area contributed by atoms with Crippen LogP contribution in [-0.4, -0.2) is 47.3 Å². The van der Waals surface area contributed by atoms with Gasteiger partial charge in [-0.1, -0.05) is 194 Å². The van der Waals surface area contributed by atoms with Gasteiger partial charge in [-0.25, -0.2) is 0 Å². The fourth-order valence-corrected chi connectivity index (χ4v) is 11.7. The third-order valence-corrected chi connectivity index (χ3v) is 17.7. The van der Waals surface area contributed by atoms with Crippen molar-refractivity contribution in [3.8, 4) is 5.75 Å². The van der Waals surface area contributed by atoms with Crippen molar-refractivity contribution in [3.05, 3.63) is 360 Å². The Balaban J connectivity index is 0.000000124. The van der Waals surface area contributed by atoms with E-state index in [1.165, 1.54) is 122 Å². The second kappa shape index (κ2) is 31.8. The van der Waals surface area contributed by atoms with Crippen LogP contribution in [0.4, 0.5) is 62.6 Å². The molecule has 15 aromatic carbocycles. The van der Waals surface area contributed by atoms with Crippen molar-refractivity contribution in [2.24, 2.45) is 0 Å². The number of methoxy groups -OCH3 is 1. The van der Waals surface area contributed by atoms with Gasteiger partial charge in [-0.2, -0.15) is 0 Å². The number of non-ortho nitro benzene ring substituents is 1. The average molecular weight is 1280 g/mol. The molecule has 0 saturated carbocycles. The predicted octanol–water partition coefficient (Wildman–Crippen LogP) is 23.9. The number of fused-ring (bicyclic) bond motifs is 5. The first-order valence-electron chi connectivity index (χ1n) is 32.9. The highest BCUT2D eigenvalue weighted by Gasteiger charge is 2.12. The van der Waals surface area contributed by atoms with Crippen molar-refractivity contribution in [1.82, 2.24) is 0 Å². The first kappa shape index (κ1) is 67.2. The Morgan fingerprint density at radius 3 is 0.745 bits per heavy atom. The maximum absolute atomic E-state index is 10.7. The zero-order valence-corrected chi connectivity index (χ0v) is 57.2. The van der Waals surface area contributed by atoms with Gasteiger partial charge in [0.2, 0.25) is 0 Å². The Bertz CT molecular complexity index is 5030. The average Bonchev–Trinajstić information content (AvgIpc) is 0.876. The molecule has 0 heterocycles. The lowest BCUT2D eigenvalue weighted by Gasteiger charge is -2.20. The summed E-state index contributed by atoms with van der Waals surface area (Å²) in [5.41, 5.74) is 15.5. The summed E-state index contributed by atoms with van der Waals surface area (Å²) >= 11 is 0. The summed E-state index contributed by atoms with van der Waals surface area (Å²) in [5.74, 6) is 0.876. The molecule has 0 bridgehead atoms. The van der Waals surface area contributed by atoms with Crippen molar-refractivity contribution >= 4 is 116 Å². The van der Waals surface area contributed by atoms with Crippen LogP contribution in [0.3, 0.4) is 0 Å². The van der Waals surface area contributed by atoms with Crippen LogP contribution in [0.5, 0.6) is 5.75 Å². The van der Waals surface area contributed by atoms with Crippen molar-refractivity contribution in [2.45, 2.75) is 20.8 Å². The third kappa shape index (κ3) is 17.0. The van der Waals surface area contributed by atoms with E-state index < -0.39 is 0 Å². The Hall–Kier alpha value is -12.2. The smallest absolute Gasteiger partial charge is 0.269 e. The fraction of sp³-hybridized carbons (Fsp3) is 0.101. The highest BCUT2D eigenvalue weighted by molar-refractivity contribution is 5.91. The van der Waals surface area contributed by atoms with Crippen LogP contribution < -0.4 is 29.2 Å². The lowest BCUT2D eigenvalue weighted by atomic mass is 10.1. The van der Waals surface area contributed by atoms with E-state index in [2.05, 4.69) is 348 Å². The molecule has 0 aliphatic carbocycles. The van der Waals surface area contributed by atoms with Crippen molar-refractivity contribution in [3.63, 3.8) is 0 Å². The standard InChI is InChI=1S/C18H17NO.3C18H17N.C17H14N2O2/c1-19(16-9-11-18(20-2)12-10-16)17-8-7-14-5-3-4-6-15(14)13-17;2*1-14-6-5-9-17(12-14)19(2)18-11-10-15-7-3-4-8-16(15)13-18;1-14-7-10-17(11-8-14)19(2)18-12-9-15-5-3-4-6-16(15)13-18;1-18(15-8-10-16(11-9-15)19(20)21)17-7-6-13-4-2-3-5-14(13)12-17/h3-13H,1-2H3;3*3-13H,1-2H3;2-12H,1H3. The molecule has 9 nitrogen and oxygen atoms in total. The molecule has 98 heavy (non-hydrogen) atoms. The van der Waals surface area contributed by atoms with E-state index in [9.17, 15) is 10.1 Å². The van der Waals surface area contributed by atoms with Gasteiger partial charge in [0.05, 0.1) is 12.0 Å². The molecule has 15 aromatic rings. The first-order valence-corrected chi connectivity index (χ1v) is 32.9. The van der Waals surface area contributed by atoms with Gasteiger partial charge in [-0.05, 0) is 219 Å². The highest BCUT2D eigenvalue weighted by Crippen LogP contribution is 2.34. The topological polar surface area (TPSA) is 68.6 Å². The van der Waals surface area contributed by atoms with Gasteiger partial charge in [-0.15, -0.1) is 0 Å². The zero-order chi connectivity index (χ0) is 68.5. The van der Waals surface area contributed by atoms with Gasteiger partial charge in [0, 0.05) is 104 Å². The summed E-state index contributed by atoms with van der Waals surface area (Å²) in [6, 6.07) is 115. The minimum Gasteiger partial charge on any atom is -0.497 e. The Morgan fingerprint density at radius 2 is 0.480 bits per heavy atom. The van der Waals surface area contributed by atoms with Crippen molar-refractivity contribution in [1.29, 1.82) is 0 Å². The maximum Gasteiger partial charge on any atom is 0.269 e. The molecule has 0 aliphatic rings. The van der Waals surface area contributed by atoms with E-state index in [4.69, 9.17) is 4.74 Å². The van der Waals surface area contributed by atoms with E-state index in [0.29, 0.717) is 0 Å². The quantitative estimate of drug-likeness (QED) is 0.0885. The summed E-state index contributed by atoms with van der Waals surface area (Å²) in [7, 11) is 12.0. The van der Waals surface area contributed by atoms with E-state index in [1.807, 2.05) is 42.3 Å². The van der Waals surface area contributed by atoms with Crippen molar-refractivity contribution in [2.75, 3.05) is 66.8 Å². The molecule has 15 rings (SSSR count). The Labute approximate surface area is 576 Å². The summed E-state index contributed by atoms with van der Waals surface area (Å²) in [5, 5.41) is 23.2. The first-order chi connectivity index (χ1) is 47.6. The number of hydrogen-bond acceptors (Lipinski definition) is 8. The summed E-state index contributed by atoms with van der Waals surface area (Å²) in [4.78, 5) is 21.1. The van der Waals surface area contributed by atoms with Gasteiger partial charge in [0.1, 0.15) is 5.75 Å². The molecule has 0 spiro atoms. The Morgan fingerprint density at radius 1 is 0.245 bits per heavy atom. The second-order valence-corrected chi connectivity index (χ2v) is 24.4. The second-order valence-electron chi connectivity index (χ2n) is 24.4. The lowest BCUT2D eigenvalue weighted by molar-refractivity contribution is -0.384. The molecule has 0 saturated heterocycles. The molecule has 0 fully saturated rings. The minimum absolute atomic E-state index is 0.102. The van der Waals surface area contributed by atoms with Gasteiger partial charge in [0.25, 0.3) is 5.69 Å². The van der Waals surface area contributed by atoms with Gasteiger partial charge < -0.3 is 29.2 Å². The SMILES string of the molecule is CN(c1ccc([N+](=O)[O-])cc1)c1ccc2ccccc2c1.COc1ccc(N(C)c2ccc3ccccc3c2)cc1.Cc1ccc(N(C)c2ccc3ccccc3c2)cc1.Cc1cccc(N(C)c2ccc3ccccc3c2)c1.Cc1cccc(N(C)c2ccc3ccccc3c2)c1. The third-order valence-electron chi connectivity index (χ3n) is 17.7. The molecule has 0 radical (unpaired) electrons. The minimum atomic E-state index is -0.389. The number of nitro benzene ring substituents is 1. The predicted molar refractivity (Wildman–Crippen MR) is 420 cm³/mol. The molecule has 0 atom stereocenters. The molecule has 486 valence electrons. The molecule has 0 unspecified atom stereocenters. The van der Waals surface area contributed by atoms with Crippen LogP contribution in [0.1, 0.15) is 16.7 Å². The van der Waals surface area contributed by atoms with Crippen LogP contribution >= 0.6 is 0 Å². The Kier molecular flexibility index (Phi) is 21.8. The summed E-state index contributed by atoms with van der Waals surface area (Å²) in [6.07, 6.45) is 0. The van der Waals surface area contributed by atoms with E-state index in [1.54, 1.807) is 19.2 Å². The molecular formula is C89H82N6O3. The summed E-state index contributed by atoms with van der Waals surface area (Å²) in [6.45, 7) is 6.36. The molecule has 0 aliphatic heterocycles. The van der Waals surface area contributed by atoms with Gasteiger partial charge in [0.15, 0.2) is 0 Å². The monoisotopic (exact) mass is 1280 g/mol. The highest BCUT2D eigenvalue weighted by atomic mass is 16.6. The molecule has 0 N–H and O–H groups in total.